The van der Waals surface area contributed by atoms with E-state index in [4.69, 9.17) is 0 Å². The Kier molecular flexibility index (Phi) is 4.14. The van der Waals surface area contributed by atoms with Crippen molar-refractivity contribution in [1.29, 1.82) is 0 Å². The van der Waals surface area contributed by atoms with E-state index in [1.807, 2.05) is 29.0 Å². The molecular formula is C17H23N3O2. The third-order valence-electron chi connectivity index (χ3n) is 5.01. The van der Waals surface area contributed by atoms with Crippen LogP contribution in [0.4, 0.5) is 0 Å². The van der Waals surface area contributed by atoms with Crippen molar-refractivity contribution in [2.45, 2.75) is 32.1 Å². The molecule has 0 unspecified atom stereocenters. The molecule has 2 amide bonds. The minimum Gasteiger partial charge on any atom is -0.345 e. The summed E-state index contributed by atoms with van der Waals surface area (Å²) in [5.41, 5.74) is 0.773. The van der Waals surface area contributed by atoms with Crippen LogP contribution in [0.15, 0.2) is 24.5 Å². The number of carbonyl (C=O) groups is 2. The smallest absolute Gasteiger partial charge is 0.230 e. The molecule has 2 aliphatic heterocycles. The summed E-state index contributed by atoms with van der Waals surface area (Å²) in [5, 5.41) is 0. The number of aromatic nitrogens is 1. The number of carbonyl (C=O) groups excluding carboxylic acids is 2. The zero-order valence-electron chi connectivity index (χ0n) is 13.1. The number of piperidine rings is 1. The molecule has 0 aromatic carbocycles. The molecule has 0 aliphatic carbocycles. The highest BCUT2D eigenvalue weighted by molar-refractivity contribution is 5.86. The largest absolute Gasteiger partial charge is 0.345 e. The molecule has 1 spiro atoms. The lowest BCUT2D eigenvalue weighted by molar-refractivity contribution is -0.144. The average molecular weight is 301 g/mol. The van der Waals surface area contributed by atoms with Gasteiger partial charge in [-0.3, -0.25) is 14.6 Å². The first-order valence-corrected chi connectivity index (χ1v) is 8.03. The molecule has 0 bridgehead atoms. The monoisotopic (exact) mass is 301 g/mol. The van der Waals surface area contributed by atoms with E-state index in [0.29, 0.717) is 25.9 Å². The number of amides is 2. The molecule has 0 N–H and O–H groups in total. The van der Waals surface area contributed by atoms with E-state index >= 15 is 0 Å². The third kappa shape index (κ3) is 2.85. The van der Waals surface area contributed by atoms with Crippen molar-refractivity contribution in [2.75, 3.05) is 26.7 Å². The van der Waals surface area contributed by atoms with Gasteiger partial charge in [0.2, 0.25) is 11.8 Å². The molecule has 1 atom stereocenters. The maximum atomic E-state index is 12.5. The van der Waals surface area contributed by atoms with Crippen LogP contribution in [0.2, 0.25) is 0 Å². The van der Waals surface area contributed by atoms with Crippen LogP contribution in [0.3, 0.4) is 0 Å². The molecule has 3 rings (SSSR count). The summed E-state index contributed by atoms with van der Waals surface area (Å²) in [6.45, 7) is 2.16. The maximum absolute atomic E-state index is 12.5. The van der Waals surface area contributed by atoms with Gasteiger partial charge in [-0.1, -0.05) is 6.07 Å². The van der Waals surface area contributed by atoms with Crippen molar-refractivity contribution >= 4 is 11.8 Å². The number of likely N-dealkylation sites (tertiary alicyclic amines) is 2. The van der Waals surface area contributed by atoms with Gasteiger partial charge in [0.25, 0.3) is 0 Å². The van der Waals surface area contributed by atoms with Crippen LogP contribution in [0, 0.1) is 5.41 Å². The Hall–Kier alpha value is -1.91. The van der Waals surface area contributed by atoms with Crippen molar-refractivity contribution in [2.24, 2.45) is 5.41 Å². The highest BCUT2D eigenvalue weighted by Crippen LogP contribution is 2.39. The van der Waals surface area contributed by atoms with Gasteiger partial charge < -0.3 is 9.80 Å². The summed E-state index contributed by atoms with van der Waals surface area (Å²) in [6, 6.07) is 3.88. The fourth-order valence-electron chi connectivity index (χ4n) is 3.69. The highest BCUT2D eigenvalue weighted by Gasteiger charge is 2.48. The van der Waals surface area contributed by atoms with Crippen LogP contribution < -0.4 is 0 Å². The Morgan fingerprint density at radius 2 is 2.23 bits per heavy atom. The number of aryl methyl sites for hydroxylation is 1. The van der Waals surface area contributed by atoms with Crippen LogP contribution in [-0.4, -0.2) is 53.3 Å². The van der Waals surface area contributed by atoms with Crippen LogP contribution in [0.5, 0.6) is 0 Å². The lowest BCUT2D eigenvalue weighted by Gasteiger charge is -2.37. The minimum atomic E-state index is -0.309. The van der Waals surface area contributed by atoms with E-state index in [1.165, 1.54) is 0 Å². The Morgan fingerprint density at radius 1 is 1.36 bits per heavy atom. The number of hydrogen-bond acceptors (Lipinski definition) is 3. The van der Waals surface area contributed by atoms with Gasteiger partial charge in [0.1, 0.15) is 0 Å². The zero-order chi connectivity index (χ0) is 15.6. The lowest BCUT2D eigenvalue weighted by Crippen LogP contribution is -2.48. The lowest BCUT2D eigenvalue weighted by atomic mass is 9.78. The van der Waals surface area contributed by atoms with Crippen molar-refractivity contribution in [1.82, 2.24) is 14.8 Å². The van der Waals surface area contributed by atoms with Gasteiger partial charge >= 0.3 is 0 Å². The molecule has 5 heteroatoms. The molecule has 1 aromatic rings. The first kappa shape index (κ1) is 15.0. The van der Waals surface area contributed by atoms with E-state index < -0.39 is 0 Å². The van der Waals surface area contributed by atoms with Crippen LogP contribution in [0.1, 0.15) is 31.2 Å². The molecule has 2 fully saturated rings. The fraction of sp³-hybridized carbons (Fsp3) is 0.588. The van der Waals surface area contributed by atoms with Gasteiger partial charge in [-0.05, 0) is 37.3 Å². The molecule has 2 saturated heterocycles. The molecule has 3 heterocycles. The first-order valence-electron chi connectivity index (χ1n) is 8.03. The third-order valence-corrected chi connectivity index (χ3v) is 5.01. The van der Waals surface area contributed by atoms with Crippen LogP contribution in [-0.2, 0) is 16.0 Å². The van der Waals surface area contributed by atoms with E-state index in [0.717, 1.165) is 31.4 Å². The summed E-state index contributed by atoms with van der Waals surface area (Å²) in [5.74, 6) is 0.378. The highest BCUT2D eigenvalue weighted by atomic mass is 16.2. The predicted octanol–water partition coefficient (Wildman–Crippen LogP) is 1.49. The van der Waals surface area contributed by atoms with Gasteiger partial charge in [0.05, 0.1) is 5.41 Å². The van der Waals surface area contributed by atoms with E-state index in [9.17, 15) is 9.59 Å². The summed E-state index contributed by atoms with van der Waals surface area (Å²) >= 11 is 0. The summed E-state index contributed by atoms with van der Waals surface area (Å²) in [6.07, 6.45) is 7.52. The molecule has 0 saturated carbocycles. The van der Waals surface area contributed by atoms with E-state index in [1.54, 1.807) is 12.4 Å². The standard InChI is InChI=1S/C17H23N3O2/c1-19-10-3-7-17(16(19)22)8-11-20(13-17)15(21)6-5-14-4-2-9-18-12-14/h2,4,9,12H,3,5-8,10-11,13H2,1H3/t17-/m1/s1. The Morgan fingerprint density at radius 3 is 3.00 bits per heavy atom. The van der Waals surface area contributed by atoms with Gasteiger partial charge in [-0.15, -0.1) is 0 Å². The van der Waals surface area contributed by atoms with Gasteiger partial charge in [-0.25, -0.2) is 0 Å². The van der Waals surface area contributed by atoms with Crippen LogP contribution in [0.25, 0.3) is 0 Å². The summed E-state index contributed by atoms with van der Waals surface area (Å²) in [4.78, 5) is 32.7. The van der Waals surface area contributed by atoms with Gasteiger partial charge in [0.15, 0.2) is 0 Å². The first-order chi connectivity index (χ1) is 10.6. The Bertz CT molecular complexity index is 560. The van der Waals surface area contributed by atoms with E-state index in [2.05, 4.69) is 4.98 Å². The van der Waals surface area contributed by atoms with Gasteiger partial charge in [0, 0.05) is 45.5 Å². The van der Waals surface area contributed by atoms with Gasteiger partial charge in [-0.2, -0.15) is 0 Å². The summed E-state index contributed by atoms with van der Waals surface area (Å²) in [7, 11) is 1.87. The quantitative estimate of drug-likeness (QED) is 0.850. The van der Waals surface area contributed by atoms with Crippen molar-refractivity contribution in [3.05, 3.63) is 30.1 Å². The predicted molar refractivity (Wildman–Crippen MR) is 83.1 cm³/mol. The van der Waals surface area contributed by atoms with Crippen LogP contribution >= 0.6 is 0 Å². The fourth-order valence-corrected chi connectivity index (χ4v) is 3.69. The molecule has 22 heavy (non-hydrogen) atoms. The average Bonchev–Trinajstić information content (AvgIpc) is 2.97. The summed E-state index contributed by atoms with van der Waals surface area (Å²) < 4.78 is 0. The molecule has 1 aromatic heterocycles. The SMILES string of the molecule is CN1CCC[C@]2(CCN(C(=O)CCc3cccnc3)C2)C1=O. The Labute approximate surface area is 131 Å². The Balaban J connectivity index is 1.58. The van der Waals surface area contributed by atoms with E-state index in [-0.39, 0.29) is 17.2 Å². The number of pyridine rings is 1. The topological polar surface area (TPSA) is 53.5 Å². The van der Waals surface area contributed by atoms with Crippen molar-refractivity contribution in [3.8, 4) is 0 Å². The molecule has 0 radical (unpaired) electrons. The molecule has 2 aliphatic rings. The van der Waals surface area contributed by atoms with Crippen molar-refractivity contribution in [3.63, 3.8) is 0 Å². The maximum Gasteiger partial charge on any atom is 0.230 e. The molecule has 118 valence electrons. The second-order valence-corrected chi connectivity index (χ2v) is 6.54. The second kappa shape index (κ2) is 6.07. The number of rotatable bonds is 3. The normalized spacial score (nSPS) is 25.0. The molecule has 5 nitrogen and oxygen atoms in total. The number of hydrogen-bond donors (Lipinski definition) is 0. The van der Waals surface area contributed by atoms with Crippen molar-refractivity contribution < 1.29 is 9.59 Å². The second-order valence-electron chi connectivity index (χ2n) is 6.54. The zero-order valence-corrected chi connectivity index (χ0v) is 13.1. The minimum absolute atomic E-state index is 0.154. The number of nitrogens with zero attached hydrogens (tertiary/aromatic N) is 3. The molecular weight excluding hydrogens is 278 g/mol.